The van der Waals surface area contributed by atoms with Crippen molar-refractivity contribution in [3.8, 4) is 33.4 Å². The van der Waals surface area contributed by atoms with E-state index in [1.54, 1.807) is 0 Å². The summed E-state index contributed by atoms with van der Waals surface area (Å²) in [5.74, 6) is 0. The molecule has 0 heterocycles. The van der Waals surface area contributed by atoms with Crippen LogP contribution < -0.4 is 4.90 Å². The molecule has 0 saturated carbocycles. The third-order valence-electron chi connectivity index (χ3n) is 8.61. The molecule has 0 amide bonds. The van der Waals surface area contributed by atoms with Crippen LogP contribution in [0.15, 0.2) is 127 Å². The van der Waals surface area contributed by atoms with Gasteiger partial charge in [-0.2, -0.15) is 0 Å². The van der Waals surface area contributed by atoms with Crippen molar-refractivity contribution in [3.05, 3.63) is 161 Å². The molecule has 0 N–H and O–H groups in total. The van der Waals surface area contributed by atoms with Crippen LogP contribution in [-0.4, -0.2) is 0 Å². The normalized spacial score (nSPS) is 11.0. The minimum absolute atomic E-state index is 1.21. The van der Waals surface area contributed by atoms with Crippen molar-refractivity contribution in [1.82, 2.24) is 0 Å². The maximum absolute atomic E-state index is 2.49. The maximum atomic E-state index is 2.49. The number of aryl methyl sites for hydroxylation is 6. The quantitative estimate of drug-likeness (QED) is 0.197. The number of hydrogen-bond acceptors (Lipinski definition) is 1. The molecule has 0 saturated heterocycles. The summed E-state index contributed by atoms with van der Waals surface area (Å²) in [6.07, 6.45) is 0. The molecule has 1 heteroatoms. The van der Waals surface area contributed by atoms with Crippen LogP contribution in [0.3, 0.4) is 0 Å². The predicted molar refractivity (Wildman–Crippen MR) is 186 cm³/mol. The molecule has 43 heavy (non-hydrogen) atoms. The SMILES string of the molecule is Cc1cc(N(c2cc(C)c(-c3ccccc3)cc2C)c2cc(C)c(-c3ccccc3)cc2C)c(C)cc1-c1ccccc1. The molecule has 1 nitrogen and oxygen atoms in total. The fourth-order valence-corrected chi connectivity index (χ4v) is 6.30. The smallest absolute Gasteiger partial charge is 0.0494 e. The van der Waals surface area contributed by atoms with Gasteiger partial charge in [-0.05, 0) is 145 Å². The Kier molecular flexibility index (Phi) is 7.74. The van der Waals surface area contributed by atoms with Gasteiger partial charge in [-0.25, -0.2) is 0 Å². The molecule has 0 bridgehead atoms. The van der Waals surface area contributed by atoms with Crippen LogP contribution in [-0.2, 0) is 0 Å². The van der Waals surface area contributed by atoms with Gasteiger partial charge in [0.1, 0.15) is 0 Å². The summed E-state index contributed by atoms with van der Waals surface area (Å²) in [5, 5.41) is 0. The van der Waals surface area contributed by atoms with E-state index in [9.17, 15) is 0 Å². The van der Waals surface area contributed by atoms with E-state index in [4.69, 9.17) is 0 Å². The van der Waals surface area contributed by atoms with Crippen molar-refractivity contribution in [3.63, 3.8) is 0 Å². The Morgan fingerprint density at radius 3 is 0.814 bits per heavy atom. The molecule has 6 aromatic carbocycles. The summed E-state index contributed by atoms with van der Waals surface area (Å²) in [6.45, 7) is 13.4. The Hall–Kier alpha value is -4.88. The molecule has 6 aromatic rings. The Balaban J connectivity index is 1.57. The lowest BCUT2D eigenvalue weighted by atomic mass is 9.93. The van der Waals surface area contributed by atoms with Gasteiger partial charge >= 0.3 is 0 Å². The minimum Gasteiger partial charge on any atom is -0.310 e. The number of nitrogens with zero attached hydrogens (tertiary/aromatic N) is 1. The van der Waals surface area contributed by atoms with Gasteiger partial charge in [0, 0.05) is 17.1 Å². The van der Waals surface area contributed by atoms with Crippen molar-refractivity contribution >= 4 is 17.1 Å². The maximum Gasteiger partial charge on any atom is 0.0494 e. The molecular formula is C42H39N. The molecule has 0 radical (unpaired) electrons. The zero-order valence-corrected chi connectivity index (χ0v) is 26.1. The lowest BCUT2D eigenvalue weighted by Crippen LogP contribution is -2.15. The first kappa shape index (κ1) is 28.2. The van der Waals surface area contributed by atoms with Crippen LogP contribution in [0.1, 0.15) is 33.4 Å². The van der Waals surface area contributed by atoms with E-state index >= 15 is 0 Å². The van der Waals surface area contributed by atoms with Gasteiger partial charge in [0.25, 0.3) is 0 Å². The highest BCUT2D eigenvalue weighted by molar-refractivity contribution is 5.87. The van der Waals surface area contributed by atoms with Crippen molar-refractivity contribution in [2.75, 3.05) is 4.90 Å². The van der Waals surface area contributed by atoms with E-state index in [0.717, 1.165) is 0 Å². The fraction of sp³-hybridized carbons (Fsp3) is 0.143. The Morgan fingerprint density at radius 2 is 0.558 bits per heavy atom. The summed E-state index contributed by atoms with van der Waals surface area (Å²) in [4.78, 5) is 2.49. The molecule has 212 valence electrons. The fourth-order valence-electron chi connectivity index (χ4n) is 6.30. The Bertz CT molecular complexity index is 1680. The van der Waals surface area contributed by atoms with Crippen molar-refractivity contribution in [2.45, 2.75) is 41.5 Å². The third kappa shape index (κ3) is 5.51. The molecule has 0 aliphatic heterocycles. The number of hydrogen-bond donors (Lipinski definition) is 0. The Labute approximate surface area is 257 Å². The van der Waals surface area contributed by atoms with Crippen LogP contribution >= 0.6 is 0 Å². The van der Waals surface area contributed by atoms with Gasteiger partial charge in [-0.15, -0.1) is 0 Å². The average Bonchev–Trinajstić information content (AvgIpc) is 3.03. The third-order valence-corrected chi connectivity index (χ3v) is 8.61. The summed E-state index contributed by atoms with van der Waals surface area (Å²) >= 11 is 0. The molecule has 0 fully saturated rings. The van der Waals surface area contributed by atoms with E-state index < -0.39 is 0 Å². The van der Waals surface area contributed by atoms with E-state index in [1.165, 1.54) is 83.8 Å². The number of rotatable bonds is 6. The number of benzene rings is 6. The van der Waals surface area contributed by atoms with Crippen molar-refractivity contribution in [1.29, 1.82) is 0 Å². The predicted octanol–water partition coefficient (Wildman–Crippen LogP) is 12.0. The zero-order valence-electron chi connectivity index (χ0n) is 26.1. The van der Waals surface area contributed by atoms with E-state index in [0.29, 0.717) is 0 Å². The first-order valence-corrected chi connectivity index (χ1v) is 15.1. The van der Waals surface area contributed by atoms with Gasteiger partial charge in [0.05, 0.1) is 0 Å². The van der Waals surface area contributed by atoms with Crippen LogP contribution in [0.25, 0.3) is 33.4 Å². The monoisotopic (exact) mass is 557 g/mol. The van der Waals surface area contributed by atoms with Gasteiger partial charge < -0.3 is 4.90 Å². The van der Waals surface area contributed by atoms with Gasteiger partial charge in [0.2, 0.25) is 0 Å². The van der Waals surface area contributed by atoms with E-state index in [-0.39, 0.29) is 0 Å². The second kappa shape index (κ2) is 11.8. The lowest BCUT2D eigenvalue weighted by molar-refractivity contribution is 1.18. The van der Waals surface area contributed by atoms with Crippen molar-refractivity contribution in [2.24, 2.45) is 0 Å². The van der Waals surface area contributed by atoms with Crippen LogP contribution in [0, 0.1) is 41.5 Å². The largest absolute Gasteiger partial charge is 0.310 e. The molecule has 0 aliphatic rings. The highest BCUT2D eigenvalue weighted by Crippen LogP contribution is 2.45. The molecule has 0 aliphatic carbocycles. The first-order chi connectivity index (χ1) is 20.8. The molecular weight excluding hydrogens is 518 g/mol. The Morgan fingerprint density at radius 1 is 0.302 bits per heavy atom. The molecule has 6 rings (SSSR count). The molecule has 0 unspecified atom stereocenters. The summed E-state index contributed by atoms with van der Waals surface area (Å²) in [7, 11) is 0. The highest BCUT2D eigenvalue weighted by atomic mass is 15.1. The minimum atomic E-state index is 1.21. The van der Waals surface area contributed by atoms with Crippen LogP contribution in [0.2, 0.25) is 0 Å². The van der Waals surface area contributed by atoms with Gasteiger partial charge in [-0.1, -0.05) is 91.0 Å². The standard InChI is InChI=1S/C42H39N/c1-28-25-40(31(4)22-37(28)34-16-10-7-11-17-34)43(41-26-29(2)38(23-32(41)5)35-18-12-8-13-19-35)42-27-30(3)39(24-33(42)6)36-20-14-9-15-21-36/h7-27H,1-6H3. The average molecular weight is 558 g/mol. The number of anilines is 3. The van der Waals surface area contributed by atoms with Crippen molar-refractivity contribution < 1.29 is 0 Å². The van der Waals surface area contributed by atoms with Gasteiger partial charge in [-0.3, -0.25) is 0 Å². The van der Waals surface area contributed by atoms with E-state index in [1.807, 2.05) is 0 Å². The second-order valence-corrected chi connectivity index (χ2v) is 11.8. The molecule has 0 atom stereocenters. The molecule has 0 spiro atoms. The second-order valence-electron chi connectivity index (χ2n) is 11.8. The first-order valence-electron chi connectivity index (χ1n) is 15.1. The van der Waals surface area contributed by atoms with Crippen LogP contribution in [0.5, 0.6) is 0 Å². The highest BCUT2D eigenvalue weighted by Gasteiger charge is 2.22. The lowest BCUT2D eigenvalue weighted by Gasteiger charge is -2.32. The summed E-state index contributed by atoms with van der Waals surface area (Å²) in [6, 6.07) is 46.3. The molecule has 0 aromatic heterocycles. The summed E-state index contributed by atoms with van der Waals surface area (Å²) in [5.41, 5.74) is 18.8. The van der Waals surface area contributed by atoms with Gasteiger partial charge in [0.15, 0.2) is 0 Å². The summed E-state index contributed by atoms with van der Waals surface area (Å²) < 4.78 is 0. The van der Waals surface area contributed by atoms with E-state index in [2.05, 4.69) is 174 Å². The zero-order chi connectivity index (χ0) is 30.1. The van der Waals surface area contributed by atoms with Crippen LogP contribution in [0.4, 0.5) is 17.1 Å². The topological polar surface area (TPSA) is 3.24 Å².